The van der Waals surface area contributed by atoms with Gasteiger partial charge in [0.2, 0.25) is 0 Å². The average Bonchev–Trinajstić information content (AvgIpc) is 2.68. The number of nitrogens with one attached hydrogen (secondary N) is 2. The highest BCUT2D eigenvalue weighted by Crippen LogP contribution is 2.30. The molecule has 0 spiro atoms. The van der Waals surface area contributed by atoms with Crippen molar-refractivity contribution in [2.24, 2.45) is 10.9 Å². The maximum atomic E-state index is 12.6. The molecule has 0 aliphatic carbocycles. The molecule has 2 rings (SSSR count). The van der Waals surface area contributed by atoms with Gasteiger partial charge in [0, 0.05) is 38.8 Å². The zero-order valence-corrected chi connectivity index (χ0v) is 16.6. The SMILES string of the molecule is CN=C(NCc1ccccc1OC)NCC1CCN(S(=O)(=O)C(F)(F)F)CC1. The van der Waals surface area contributed by atoms with Gasteiger partial charge in [0.25, 0.3) is 0 Å². The summed E-state index contributed by atoms with van der Waals surface area (Å²) in [5.74, 6) is 1.37. The summed E-state index contributed by atoms with van der Waals surface area (Å²) >= 11 is 0. The summed E-state index contributed by atoms with van der Waals surface area (Å²) < 4.78 is 66.6. The van der Waals surface area contributed by atoms with E-state index in [-0.39, 0.29) is 19.0 Å². The third-order valence-corrected chi connectivity index (χ3v) is 6.26. The number of benzene rings is 1. The van der Waals surface area contributed by atoms with Gasteiger partial charge in [-0.2, -0.15) is 17.5 Å². The number of aliphatic imine (C=N–C) groups is 1. The number of alkyl halides is 3. The first-order valence-corrected chi connectivity index (χ1v) is 10.3. The van der Waals surface area contributed by atoms with E-state index in [0.717, 1.165) is 11.3 Å². The highest BCUT2D eigenvalue weighted by molar-refractivity contribution is 7.90. The van der Waals surface area contributed by atoms with Crippen molar-refractivity contribution in [1.29, 1.82) is 0 Å². The van der Waals surface area contributed by atoms with E-state index in [4.69, 9.17) is 4.74 Å². The van der Waals surface area contributed by atoms with Crippen molar-refractivity contribution in [3.63, 3.8) is 0 Å². The lowest BCUT2D eigenvalue weighted by atomic mass is 9.98. The van der Waals surface area contributed by atoms with Crippen LogP contribution in [0.3, 0.4) is 0 Å². The van der Waals surface area contributed by atoms with Crippen molar-refractivity contribution in [3.8, 4) is 5.75 Å². The molecular weight excluding hydrogens is 397 g/mol. The van der Waals surface area contributed by atoms with Gasteiger partial charge >= 0.3 is 15.5 Å². The van der Waals surface area contributed by atoms with Crippen LogP contribution in [0.2, 0.25) is 0 Å². The fraction of sp³-hybridized carbons (Fsp3) is 0.588. The number of rotatable bonds is 6. The molecule has 1 aromatic rings. The van der Waals surface area contributed by atoms with Crippen LogP contribution in [-0.2, 0) is 16.6 Å². The Balaban J connectivity index is 1.81. The summed E-state index contributed by atoms with van der Waals surface area (Å²) in [5, 5.41) is 6.30. The van der Waals surface area contributed by atoms with Gasteiger partial charge in [-0.1, -0.05) is 18.2 Å². The van der Waals surface area contributed by atoms with Gasteiger partial charge in [0.15, 0.2) is 5.96 Å². The number of nitrogens with zero attached hydrogens (tertiary/aromatic N) is 2. The maximum absolute atomic E-state index is 12.6. The third kappa shape index (κ3) is 5.51. The number of hydrogen-bond acceptors (Lipinski definition) is 4. The minimum Gasteiger partial charge on any atom is -0.496 e. The second-order valence-corrected chi connectivity index (χ2v) is 8.34. The molecule has 1 heterocycles. The maximum Gasteiger partial charge on any atom is 0.511 e. The summed E-state index contributed by atoms with van der Waals surface area (Å²) in [6.45, 7) is 0.709. The van der Waals surface area contributed by atoms with Crippen molar-refractivity contribution >= 4 is 16.0 Å². The Morgan fingerprint density at radius 2 is 1.89 bits per heavy atom. The van der Waals surface area contributed by atoms with Crippen LogP contribution in [-0.4, -0.2) is 58.0 Å². The topological polar surface area (TPSA) is 83.0 Å². The third-order valence-electron chi connectivity index (χ3n) is 4.63. The van der Waals surface area contributed by atoms with Crippen LogP contribution in [0.15, 0.2) is 29.3 Å². The number of halogens is 3. The Morgan fingerprint density at radius 1 is 1.25 bits per heavy atom. The van der Waals surface area contributed by atoms with Gasteiger partial charge in [-0.3, -0.25) is 4.99 Å². The fourth-order valence-corrected chi connectivity index (χ4v) is 3.97. The zero-order chi connectivity index (χ0) is 20.8. The number of ether oxygens (including phenoxy) is 1. The van der Waals surface area contributed by atoms with E-state index in [0.29, 0.717) is 36.2 Å². The molecule has 28 heavy (non-hydrogen) atoms. The van der Waals surface area contributed by atoms with E-state index in [1.807, 2.05) is 24.3 Å². The highest BCUT2D eigenvalue weighted by atomic mass is 32.2. The summed E-state index contributed by atoms with van der Waals surface area (Å²) in [6.07, 6.45) is 0.706. The van der Waals surface area contributed by atoms with Crippen LogP contribution in [0.4, 0.5) is 13.2 Å². The van der Waals surface area contributed by atoms with E-state index < -0.39 is 15.5 Å². The number of piperidine rings is 1. The van der Waals surface area contributed by atoms with Gasteiger partial charge in [0.1, 0.15) is 5.75 Å². The Morgan fingerprint density at radius 3 is 2.46 bits per heavy atom. The molecule has 1 fully saturated rings. The standard InChI is InChI=1S/C17H25F3N4O3S/c1-21-16(23-12-14-5-3-4-6-15(14)27-2)22-11-13-7-9-24(10-8-13)28(25,26)17(18,19)20/h3-6,13H,7-12H2,1-2H3,(H2,21,22,23). The van der Waals surface area contributed by atoms with Crippen LogP contribution in [0.5, 0.6) is 5.75 Å². The molecule has 1 saturated heterocycles. The molecular formula is C17H25F3N4O3S. The molecule has 0 amide bonds. The first-order chi connectivity index (χ1) is 13.2. The van der Waals surface area contributed by atoms with Crippen molar-refractivity contribution in [2.45, 2.75) is 24.9 Å². The van der Waals surface area contributed by atoms with E-state index >= 15 is 0 Å². The monoisotopic (exact) mass is 422 g/mol. The zero-order valence-electron chi connectivity index (χ0n) is 15.8. The molecule has 0 radical (unpaired) electrons. The van der Waals surface area contributed by atoms with Gasteiger partial charge in [-0.15, -0.1) is 0 Å². The van der Waals surface area contributed by atoms with Gasteiger partial charge in [-0.25, -0.2) is 8.42 Å². The van der Waals surface area contributed by atoms with Gasteiger partial charge in [-0.05, 0) is 24.8 Å². The summed E-state index contributed by atoms with van der Waals surface area (Å²) in [7, 11) is -2.02. The van der Waals surface area contributed by atoms with Crippen LogP contribution in [0.1, 0.15) is 18.4 Å². The van der Waals surface area contributed by atoms with E-state index in [9.17, 15) is 21.6 Å². The van der Waals surface area contributed by atoms with Crippen LogP contribution < -0.4 is 15.4 Å². The molecule has 0 bridgehead atoms. The molecule has 11 heteroatoms. The molecule has 0 saturated carbocycles. The lowest BCUT2D eigenvalue weighted by Gasteiger charge is -2.31. The Bertz CT molecular complexity index is 776. The van der Waals surface area contributed by atoms with Crippen LogP contribution in [0, 0.1) is 5.92 Å². The fourth-order valence-electron chi connectivity index (χ4n) is 2.99. The molecule has 7 nitrogen and oxygen atoms in total. The molecule has 1 aliphatic heterocycles. The second kappa shape index (κ2) is 9.46. The minimum atomic E-state index is -5.25. The first kappa shape index (κ1) is 22.3. The molecule has 0 unspecified atom stereocenters. The first-order valence-electron chi connectivity index (χ1n) is 8.82. The summed E-state index contributed by atoms with van der Waals surface area (Å²) in [5.41, 5.74) is -4.29. The van der Waals surface area contributed by atoms with Crippen molar-refractivity contribution < 1.29 is 26.3 Å². The van der Waals surface area contributed by atoms with Crippen molar-refractivity contribution in [3.05, 3.63) is 29.8 Å². The predicted octanol–water partition coefficient (Wildman–Crippen LogP) is 1.92. The quantitative estimate of drug-likeness (QED) is 0.541. The summed E-state index contributed by atoms with van der Waals surface area (Å²) in [6, 6.07) is 7.56. The second-order valence-electron chi connectivity index (χ2n) is 6.41. The predicted molar refractivity (Wildman–Crippen MR) is 100 cm³/mol. The van der Waals surface area contributed by atoms with E-state index in [2.05, 4.69) is 15.6 Å². The minimum absolute atomic E-state index is 0.0597. The number of para-hydroxylation sites is 1. The van der Waals surface area contributed by atoms with Crippen LogP contribution >= 0.6 is 0 Å². The molecule has 0 aromatic heterocycles. The van der Waals surface area contributed by atoms with Crippen molar-refractivity contribution in [2.75, 3.05) is 33.8 Å². The summed E-state index contributed by atoms with van der Waals surface area (Å²) in [4.78, 5) is 4.13. The van der Waals surface area contributed by atoms with E-state index in [1.165, 1.54) is 0 Å². The normalized spacial score (nSPS) is 17.4. The smallest absolute Gasteiger partial charge is 0.496 e. The highest BCUT2D eigenvalue weighted by Gasteiger charge is 2.50. The number of guanidine groups is 1. The average molecular weight is 422 g/mol. The van der Waals surface area contributed by atoms with E-state index in [1.54, 1.807) is 14.2 Å². The Labute approximate surface area is 163 Å². The number of methoxy groups -OCH3 is 1. The Kier molecular flexibility index (Phi) is 7.53. The lowest BCUT2D eigenvalue weighted by Crippen LogP contribution is -2.47. The number of hydrogen-bond donors (Lipinski definition) is 2. The van der Waals surface area contributed by atoms with Gasteiger partial charge < -0.3 is 15.4 Å². The molecule has 0 atom stereocenters. The van der Waals surface area contributed by atoms with Crippen LogP contribution in [0.25, 0.3) is 0 Å². The van der Waals surface area contributed by atoms with Gasteiger partial charge in [0.05, 0.1) is 7.11 Å². The molecule has 1 aromatic carbocycles. The lowest BCUT2D eigenvalue weighted by molar-refractivity contribution is -0.0496. The molecule has 158 valence electrons. The Hall–Kier alpha value is -2.01. The van der Waals surface area contributed by atoms with Crippen molar-refractivity contribution in [1.82, 2.24) is 14.9 Å². The molecule has 2 N–H and O–H groups in total. The largest absolute Gasteiger partial charge is 0.511 e. The number of sulfonamides is 1. The molecule has 1 aliphatic rings.